The van der Waals surface area contributed by atoms with Gasteiger partial charge in [-0.1, -0.05) is 55.8 Å². The molecule has 1 aliphatic carbocycles. The first-order valence-electron chi connectivity index (χ1n) is 13.1. The van der Waals surface area contributed by atoms with Crippen LogP contribution in [-0.2, 0) is 27.2 Å². The Balaban J connectivity index is 1.20. The van der Waals surface area contributed by atoms with Crippen LogP contribution >= 0.6 is 11.6 Å². The number of halogens is 1. The summed E-state index contributed by atoms with van der Waals surface area (Å²) in [6.45, 7) is 4.54. The molecule has 1 saturated heterocycles. The molecular weight excluding hydrogens is 500 g/mol. The van der Waals surface area contributed by atoms with E-state index in [1.54, 1.807) is 4.90 Å². The van der Waals surface area contributed by atoms with Crippen LogP contribution in [-0.4, -0.2) is 35.7 Å². The number of carbonyl (C=O) groups is 3. The molecule has 2 atom stereocenters. The molecule has 0 aromatic heterocycles. The number of anilines is 1. The van der Waals surface area contributed by atoms with Gasteiger partial charge in [0.2, 0.25) is 17.7 Å². The molecule has 0 radical (unpaired) electrons. The zero-order valence-corrected chi connectivity index (χ0v) is 22.3. The Labute approximate surface area is 227 Å². The smallest absolute Gasteiger partial charge is 0.244 e. The second kappa shape index (κ2) is 9.02. The third-order valence-corrected chi connectivity index (χ3v) is 8.69. The molecule has 8 heteroatoms. The average molecular weight is 531 g/mol. The Morgan fingerprint density at radius 2 is 1.87 bits per heavy atom. The number of allylic oxidation sites excluding steroid dienone is 1. The van der Waals surface area contributed by atoms with E-state index in [0.717, 1.165) is 40.9 Å². The van der Waals surface area contributed by atoms with E-state index in [1.807, 2.05) is 68.5 Å². The number of dihydropyridines is 1. The summed E-state index contributed by atoms with van der Waals surface area (Å²) < 4.78 is 0. The van der Waals surface area contributed by atoms with Crippen molar-refractivity contribution < 1.29 is 14.4 Å². The van der Waals surface area contributed by atoms with Gasteiger partial charge in [0.05, 0.1) is 11.5 Å². The quantitative estimate of drug-likeness (QED) is 0.551. The zero-order valence-electron chi connectivity index (χ0n) is 21.6. The number of amides is 3. The van der Waals surface area contributed by atoms with E-state index in [-0.39, 0.29) is 30.3 Å². The van der Waals surface area contributed by atoms with Gasteiger partial charge in [-0.15, -0.1) is 0 Å². The van der Waals surface area contributed by atoms with Gasteiger partial charge in [0.15, 0.2) is 0 Å². The van der Waals surface area contributed by atoms with Crippen LogP contribution in [0.15, 0.2) is 66.0 Å². The number of nitrogens with one attached hydrogen (secondary N) is 3. The fourth-order valence-electron chi connectivity index (χ4n) is 6.35. The molecular formula is C30H31ClN4O3. The molecule has 2 aromatic rings. The van der Waals surface area contributed by atoms with E-state index < -0.39 is 10.8 Å². The summed E-state index contributed by atoms with van der Waals surface area (Å²) in [5.74, 6) is 0.553. The minimum Gasteiger partial charge on any atom is -0.368 e. The molecule has 1 fully saturated rings. The maximum atomic E-state index is 13.4. The van der Waals surface area contributed by atoms with E-state index in [2.05, 4.69) is 16.0 Å². The highest BCUT2D eigenvalue weighted by atomic mass is 35.5. The third-order valence-electron chi connectivity index (χ3n) is 8.44. The molecule has 196 valence electrons. The van der Waals surface area contributed by atoms with E-state index in [1.165, 1.54) is 0 Å². The Bertz CT molecular complexity index is 1410. The number of hydrogen-bond donors (Lipinski definition) is 3. The molecule has 0 unspecified atom stereocenters. The lowest BCUT2D eigenvalue weighted by molar-refractivity contribution is -0.150. The molecule has 0 bridgehead atoms. The van der Waals surface area contributed by atoms with Crippen molar-refractivity contribution in [3.05, 3.63) is 87.7 Å². The maximum Gasteiger partial charge on any atom is 0.244 e. The third kappa shape index (κ3) is 4.09. The van der Waals surface area contributed by atoms with E-state index in [0.29, 0.717) is 30.1 Å². The largest absolute Gasteiger partial charge is 0.368 e. The molecule has 6 rings (SSSR count). The van der Waals surface area contributed by atoms with Gasteiger partial charge in [-0.2, -0.15) is 0 Å². The summed E-state index contributed by atoms with van der Waals surface area (Å²) >= 11 is 6.08. The van der Waals surface area contributed by atoms with Crippen LogP contribution in [0.5, 0.6) is 0 Å². The van der Waals surface area contributed by atoms with Crippen LogP contribution in [0.2, 0.25) is 5.02 Å². The van der Waals surface area contributed by atoms with Gasteiger partial charge in [0.25, 0.3) is 0 Å². The number of hydrogen-bond acceptors (Lipinski definition) is 4. The number of rotatable bonds is 4. The Morgan fingerprint density at radius 3 is 2.66 bits per heavy atom. The highest BCUT2D eigenvalue weighted by molar-refractivity contribution is 6.30. The molecule has 0 saturated carbocycles. The Morgan fingerprint density at radius 1 is 1.11 bits per heavy atom. The van der Waals surface area contributed by atoms with Gasteiger partial charge in [-0.3, -0.25) is 14.4 Å². The predicted molar refractivity (Wildman–Crippen MR) is 146 cm³/mol. The summed E-state index contributed by atoms with van der Waals surface area (Å²) in [4.78, 5) is 41.4. The number of carbonyl (C=O) groups excluding carboxylic acids is 3. The van der Waals surface area contributed by atoms with Crippen LogP contribution in [0, 0.1) is 10.8 Å². The first-order chi connectivity index (χ1) is 18.2. The summed E-state index contributed by atoms with van der Waals surface area (Å²) in [6.07, 6.45) is 6.83. The fourth-order valence-corrected chi connectivity index (χ4v) is 6.47. The Hall–Kier alpha value is -3.58. The zero-order chi connectivity index (χ0) is 26.7. The van der Waals surface area contributed by atoms with Crippen LogP contribution in [0.3, 0.4) is 0 Å². The average Bonchev–Trinajstić information content (AvgIpc) is 3.40. The number of benzene rings is 2. The Kier molecular flexibility index (Phi) is 5.87. The fraction of sp³-hybridized carbons (Fsp3) is 0.367. The SMILES string of the molecule is CC1(C)CC[C@@H](c2ccc(Cl)cc2)N(CC(=O)Nc2ccc3c(c2)C[C@@]2(C3)C(=O)NC3=C2C=CCN3)C1=O. The normalized spacial score (nSPS) is 25.2. The lowest BCUT2D eigenvalue weighted by atomic mass is 9.78. The number of piperidine rings is 1. The van der Waals surface area contributed by atoms with Gasteiger partial charge >= 0.3 is 0 Å². The van der Waals surface area contributed by atoms with Gasteiger partial charge in [0.1, 0.15) is 12.4 Å². The monoisotopic (exact) mass is 530 g/mol. The van der Waals surface area contributed by atoms with Crippen LogP contribution in [0.1, 0.15) is 49.4 Å². The van der Waals surface area contributed by atoms with Crippen molar-refractivity contribution >= 4 is 35.0 Å². The minimum absolute atomic E-state index is 0.0165. The van der Waals surface area contributed by atoms with Crippen molar-refractivity contribution in [2.75, 3.05) is 18.4 Å². The molecule has 38 heavy (non-hydrogen) atoms. The first kappa shape index (κ1) is 24.7. The highest BCUT2D eigenvalue weighted by Crippen LogP contribution is 2.48. The van der Waals surface area contributed by atoms with Crippen molar-refractivity contribution in [1.29, 1.82) is 0 Å². The second-order valence-corrected chi connectivity index (χ2v) is 11.9. The molecule has 1 spiro atoms. The van der Waals surface area contributed by atoms with Gasteiger partial charge in [-0.25, -0.2) is 0 Å². The second-order valence-electron chi connectivity index (χ2n) is 11.4. The topological polar surface area (TPSA) is 90.5 Å². The van der Waals surface area contributed by atoms with Crippen molar-refractivity contribution in [1.82, 2.24) is 15.5 Å². The summed E-state index contributed by atoms with van der Waals surface area (Å²) in [5, 5.41) is 9.91. The van der Waals surface area contributed by atoms with Gasteiger partial charge < -0.3 is 20.9 Å². The molecule has 3 amide bonds. The number of nitrogens with zero attached hydrogens (tertiary/aromatic N) is 1. The lowest BCUT2D eigenvalue weighted by Crippen LogP contribution is -2.50. The van der Waals surface area contributed by atoms with Crippen LogP contribution in [0.4, 0.5) is 5.69 Å². The first-order valence-corrected chi connectivity index (χ1v) is 13.5. The van der Waals surface area contributed by atoms with Gasteiger partial charge in [-0.05, 0) is 66.6 Å². The molecule has 4 aliphatic rings. The van der Waals surface area contributed by atoms with Gasteiger partial charge in [0, 0.05) is 28.2 Å². The summed E-state index contributed by atoms with van der Waals surface area (Å²) in [7, 11) is 0. The van der Waals surface area contributed by atoms with E-state index >= 15 is 0 Å². The van der Waals surface area contributed by atoms with Crippen molar-refractivity contribution in [3.8, 4) is 0 Å². The molecule has 3 N–H and O–H groups in total. The highest BCUT2D eigenvalue weighted by Gasteiger charge is 2.51. The number of likely N-dealkylation sites (tertiary alicyclic amines) is 1. The lowest BCUT2D eigenvalue weighted by Gasteiger charge is -2.43. The van der Waals surface area contributed by atoms with Crippen LogP contribution < -0.4 is 16.0 Å². The van der Waals surface area contributed by atoms with Crippen molar-refractivity contribution in [2.24, 2.45) is 10.8 Å². The molecule has 2 aromatic carbocycles. The van der Waals surface area contributed by atoms with E-state index in [9.17, 15) is 14.4 Å². The van der Waals surface area contributed by atoms with Crippen LogP contribution in [0.25, 0.3) is 0 Å². The standard InChI is InChI=1S/C30H31ClN4O3/c1-29(2)12-11-24(18-5-8-21(31)9-6-18)35(28(29)38)17-25(36)33-22-10-7-19-15-30(16-20(19)14-22)23-4-3-13-32-26(23)34-27(30)37/h3-10,14,24,32H,11-13,15-17H2,1-2H3,(H,33,36)(H,34,37)/t24-,30+/m0/s1. The van der Waals surface area contributed by atoms with E-state index in [4.69, 9.17) is 11.6 Å². The maximum absolute atomic E-state index is 13.4. The predicted octanol–water partition coefficient (Wildman–Crippen LogP) is 4.25. The summed E-state index contributed by atoms with van der Waals surface area (Å²) in [5.41, 5.74) is 3.69. The minimum atomic E-state index is -0.609. The van der Waals surface area contributed by atoms with Crippen molar-refractivity contribution in [2.45, 2.75) is 45.6 Å². The number of fused-ring (bicyclic) bond motifs is 2. The molecule has 7 nitrogen and oxygen atoms in total. The summed E-state index contributed by atoms with van der Waals surface area (Å²) in [6, 6.07) is 13.2. The molecule has 3 aliphatic heterocycles. The molecule has 3 heterocycles. The van der Waals surface area contributed by atoms with Crippen molar-refractivity contribution in [3.63, 3.8) is 0 Å².